The lowest BCUT2D eigenvalue weighted by molar-refractivity contribution is 0.0942. The van der Waals surface area contributed by atoms with Crippen LogP contribution in [0.4, 0.5) is 0 Å². The van der Waals surface area contributed by atoms with Crippen molar-refractivity contribution in [1.82, 2.24) is 10.3 Å². The number of hydrogen-bond acceptors (Lipinski definition) is 5. The Hall–Kier alpha value is -1.63. The number of carbonyl (C=O) groups is 1. The predicted molar refractivity (Wildman–Crippen MR) is 84.2 cm³/mol. The van der Waals surface area contributed by atoms with Crippen molar-refractivity contribution in [2.75, 3.05) is 19.7 Å². The number of aromatic nitrogens is 1. The van der Waals surface area contributed by atoms with Crippen LogP contribution in [0.3, 0.4) is 0 Å². The van der Waals surface area contributed by atoms with Crippen molar-refractivity contribution in [2.24, 2.45) is 5.73 Å². The summed E-state index contributed by atoms with van der Waals surface area (Å²) in [4.78, 5) is 16.1. The number of thiazole rings is 1. The molecule has 1 amide bonds. The summed E-state index contributed by atoms with van der Waals surface area (Å²) < 4.78 is 5.48. The number of nitrogens with one attached hydrogen (secondary N) is 1. The molecule has 112 valence electrons. The van der Waals surface area contributed by atoms with Crippen LogP contribution in [0.1, 0.15) is 15.5 Å². The van der Waals surface area contributed by atoms with Gasteiger partial charge in [-0.25, -0.2) is 4.98 Å². The van der Waals surface area contributed by atoms with Gasteiger partial charge in [0.25, 0.3) is 5.91 Å². The molecule has 7 heteroatoms. The monoisotopic (exact) mass is 325 g/mol. The average Bonchev–Trinajstić information content (AvgIpc) is 2.94. The van der Waals surface area contributed by atoms with E-state index in [1.807, 2.05) is 0 Å². The predicted octanol–water partition coefficient (Wildman–Crippen LogP) is 2.11. The number of hydrogen-bond donors (Lipinski definition) is 2. The largest absolute Gasteiger partial charge is 0.492 e. The van der Waals surface area contributed by atoms with Gasteiger partial charge in [-0.3, -0.25) is 4.79 Å². The molecule has 1 aromatic heterocycles. The number of ether oxygens (including phenoxy) is 1. The molecule has 0 aliphatic heterocycles. The first-order chi connectivity index (χ1) is 10.2. The highest BCUT2D eigenvalue weighted by Gasteiger charge is 2.09. The Morgan fingerprint density at radius 3 is 2.86 bits per heavy atom. The van der Waals surface area contributed by atoms with Crippen molar-refractivity contribution in [3.05, 3.63) is 45.4 Å². The molecule has 0 saturated heterocycles. The number of amides is 1. The van der Waals surface area contributed by atoms with E-state index in [9.17, 15) is 4.79 Å². The first-order valence-electron chi connectivity index (χ1n) is 6.50. The third-order valence-corrected chi connectivity index (χ3v) is 3.77. The van der Waals surface area contributed by atoms with Gasteiger partial charge in [-0.2, -0.15) is 0 Å². The Balaban J connectivity index is 1.72. The van der Waals surface area contributed by atoms with Gasteiger partial charge in [-0.1, -0.05) is 11.6 Å². The second-order valence-electron chi connectivity index (χ2n) is 4.22. The minimum absolute atomic E-state index is 0.200. The maximum Gasteiger partial charge on any atom is 0.270 e. The highest BCUT2D eigenvalue weighted by molar-refractivity contribution is 7.09. The smallest absolute Gasteiger partial charge is 0.270 e. The molecular weight excluding hydrogens is 310 g/mol. The van der Waals surface area contributed by atoms with Gasteiger partial charge in [0.15, 0.2) is 0 Å². The molecule has 0 saturated carbocycles. The van der Waals surface area contributed by atoms with E-state index in [0.717, 1.165) is 5.01 Å². The zero-order valence-corrected chi connectivity index (χ0v) is 12.9. The van der Waals surface area contributed by atoms with Gasteiger partial charge >= 0.3 is 0 Å². The lowest BCUT2D eigenvalue weighted by Crippen LogP contribution is -2.28. The summed E-state index contributed by atoms with van der Waals surface area (Å²) in [5.41, 5.74) is 5.88. The number of halogens is 1. The van der Waals surface area contributed by atoms with Crippen LogP contribution < -0.4 is 15.8 Å². The van der Waals surface area contributed by atoms with Gasteiger partial charge in [0.2, 0.25) is 0 Å². The molecule has 0 atom stereocenters. The summed E-state index contributed by atoms with van der Waals surface area (Å²) in [7, 11) is 0. The summed E-state index contributed by atoms with van der Waals surface area (Å²) in [6, 6.07) is 7.07. The molecule has 1 aromatic carbocycles. The van der Waals surface area contributed by atoms with Crippen LogP contribution in [0.2, 0.25) is 5.02 Å². The van der Waals surface area contributed by atoms with Crippen LogP contribution in [0.25, 0.3) is 0 Å². The van der Waals surface area contributed by atoms with Gasteiger partial charge in [0, 0.05) is 16.8 Å². The van der Waals surface area contributed by atoms with Crippen molar-refractivity contribution in [2.45, 2.75) is 6.42 Å². The van der Waals surface area contributed by atoms with Crippen LogP contribution in [0.5, 0.6) is 5.75 Å². The summed E-state index contributed by atoms with van der Waals surface area (Å²) in [6.07, 6.45) is 0.692. The number of rotatable bonds is 7. The van der Waals surface area contributed by atoms with Crippen molar-refractivity contribution < 1.29 is 9.53 Å². The Morgan fingerprint density at radius 1 is 1.38 bits per heavy atom. The molecule has 0 spiro atoms. The van der Waals surface area contributed by atoms with E-state index in [0.29, 0.717) is 42.6 Å². The molecule has 5 nitrogen and oxygen atoms in total. The second-order valence-corrected chi connectivity index (χ2v) is 5.60. The van der Waals surface area contributed by atoms with Gasteiger partial charge in [-0.05, 0) is 30.8 Å². The molecule has 1 heterocycles. The van der Waals surface area contributed by atoms with E-state index in [1.54, 1.807) is 29.6 Å². The first kappa shape index (κ1) is 15.8. The van der Waals surface area contributed by atoms with Gasteiger partial charge in [0.05, 0.1) is 11.6 Å². The molecule has 21 heavy (non-hydrogen) atoms. The normalized spacial score (nSPS) is 10.4. The second kappa shape index (κ2) is 7.97. The summed E-state index contributed by atoms with van der Waals surface area (Å²) in [5, 5.41) is 6.03. The maximum absolute atomic E-state index is 11.8. The number of nitrogens with zero attached hydrogens (tertiary/aromatic N) is 1. The average molecular weight is 326 g/mol. The fourth-order valence-corrected chi connectivity index (χ4v) is 2.53. The molecule has 2 aromatic rings. The van der Waals surface area contributed by atoms with E-state index in [4.69, 9.17) is 22.1 Å². The third-order valence-electron chi connectivity index (χ3n) is 2.61. The molecule has 2 rings (SSSR count). The SMILES string of the molecule is NCCc1nc(C(=O)NCCOc2ccc(Cl)cc2)cs1. The van der Waals surface area contributed by atoms with Crippen LogP contribution in [-0.2, 0) is 6.42 Å². The van der Waals surface area contributed by atoms with Crippen LogP contribution in [0, 0.1) is 0 Å². The van der Waals surface area contributed by atoms with Crippen LogP contribution in [-0.4, -0.2) is 30.6 Å². The third kappa shape index (κ3) is 5.00. The summed E-state index contributed by atoms with van der Waals surface area (Å²) >= 11 is 7.22. The quantitative estimate of drug-likeness (QED) is 0.764. The van der Waals surface area contributed by atoms with Crippen molar-refractivity contribution in [3.63, 3.8) is 0 Å². The molecular formula is C14H16ClN3O2S. The van der Waals surface area contributed by atoms with Crippen LogP contribution >= 0.6 is 22.9 Å². The molecule has 0 fully saturated rings. The molecule has 3 N–H and O–H groups in total. The Morgan fingerprint density at radius 2 is 2.14 bits per heavy atom. The van der Waals surface area contributed by atoms with Crippen molar-refractivity contribution >= 4 is 28.8 Å². The lowest BCUT2D eigenvalue weighted by Gasteiger charge is -2.06. The molecule has 0 aliphatic carbocycles. The first-order valence-corrected chi connectivity index (χ1v) is 7.76. The summed E-state index contributed by atoms with van der Waals surface area (Å²) in [5.74, 6) is 0.516. The highest BCUT2D eigenvalue weighted by atomic mass is 35.5. The highest BCUT2D eigenvalue weighted by Crippen LogP contribution is 2.15. The molecule has 0 aliphatic rings. The van der Waals surface area contributed by atoms with E-state index in [2.05, 4.69) is 10.3 Å². The minimum atomic E-state index is -0.200. The van der Waals surface area contributed by atoms with E-state index >= 15 is 0 Å². The van der Waals surface area contributed by atoms with Gasteiger partial charge in [-0.15, -0.1) is 11.3 Å². The molecule has 0 unspecified atom stereocenters. The molecule has 0 bridgehead atoms. The standard InChI is InChI=1S/C14H16ClN3O2S/c15-10-1-3-11(4-2-10)20-8-7-17-14(19)12-9-21-13(18-12)5-6-16/h1-4,9H,5-8,16H2,(H,17,19). The van der Waals surface area contributed by atoms with E-state index < -0.39 is 0 Å². The van der Waals surface area contributed by atoms with Gasteiger partial charge < -0.3 is 15.8 Å². The number of benzene rings is 1. The Bertz CT molecular complexity index is 586. The maximum atomic E-state index is 11.8. The fraction of sp³-hybridized carbons (Fsp3) is 0.286. The van der Waals surface area contributed by atoms with E-state index in [-0.39, 0.29) is 5.91 Å². The Labute approximate surface area is 132 Å². The summed E-state index contributed by atoms with van der Waals surface area (Å²) in [6.45, 7) is 1.32. The van der Waals surface area contributed by atoms with Crippen molar-refractivity contribution in [3.8, 4) is 5.75 Å². The topological polar surface area (TPSA) is 77.2 Å². The van der Waals surface area contributed by atoms with Crippen molar-refractivity contribution in [1.29, 1.82) is 0 Å². The zero-order chi connectivity index (χ0) is 15.1. The zero-order valence-electron chi connectivity index (χ0n) is 11.3. The molecule has 0 radical (unpaired) electrons. The fourth-order valence-electron chi connectivity index (χ4n) is 1.61. The lowest BCUT2D eigenvalue weighted by atomic mass is 10.3. The minimum Gasteiger partial charge on any atom is -0.492 e. The Kier molecular flexibility index (Phi) is 5.98. The van der Waals surface area contributed by atoms with Crippen LogP contribution in [0.15, 0.2) is 29.6 Å². The van der Waals surface area contributed by atoms with E-state index in [1.165, 1.54) is 11.3 Å². The van der Waals surface area contributed by atoms with Gasteiger partial charge in [0.1, 0.15) is 18.1 Å². The number of nitrogens with two attached hydrogens (primary N) is 1. The number of carbonyl (C=O) groups excluding carboxylic acids is 1.